The van der Waals surface area contributed by atoms with E-state index in [4.69, 9.17) is 9.47 Å². The Labute approximate surface area is 136 Å². The van der Waals surface area contributed by atoms with Gasteiger partial charge in [0.05, 0.1) is 6.61 Å². The molecule has 116 valence electrons. The third-order valence-corrected chi connectivity index (χ3v) is 4.64. The van der Waals surface area contributed by atoms with Gasteiger partial charge in [-0.25, -0.2) is 0 Å². The second-order valence-corrected chi connectivity index (χ2v) is 6.13. The van der Waals surface area contributed by atoms with E-state index >= 15 is 0 Å². The molecule has 0 spiro atoms. The zero-order chi connectivity index (χ0) is 15.7. The van der Waals surface area contributed by atoms with Gasteiger partial charge in [0, 0.05) is 0 Å². The summed E-state index contributed by atoms with van der Waals surface area (Å²) in [6.45, 7) is 3.56. The molecule has 0 aromatic heterocycles. The van der Waals surface area contributed by atoms with Gasteiger partial charge in [-0.05, 0) is 46.5 Å². The molecule has 0 bridgehead atoms. The van der Waals surface area contributed by atoms with Gasteiger partial charge in [-0.1, -0.05) is 55.5 Å². The molecule has 3 aromatic carbocycles. The molecule has 2 nitrogen and oxygen atoms in total. The summed E-state index contributed by atoms with van der Waals surface area (Å²) in [5, 5.41) is 2.51. The van der Waals surface area contributed by atoms with Crippen molar-refractivity contribution in [3.05, 3.63) is 77.9 Å². The molecule has 0 aliphatic carbocycles. The van der Waals surface area contributed by atoms with Gasteiger partial charge in [-0.15, -0.1) is 0 Å². The Morgan fingerprint density at radius 1 is 0.957 bits per heavy atom. The summed E-state index contributed by atoms with van der Waals surface area (Å²) < 4.78 is 11.6. The Hall–Kier alpha value is -2.32. The first-order chi connectivity index (χ1) is 11.3. The van der Waals surface area contributed by atoms with Crippen LogP contribution in [0.25, 0.3) is 10.8 Å². The lowest BCUT2D eigenvalue weighted by Gasteiger charge is -2.12. The summed E-state index contributed by atoms with van der Waals surface area (Å²) in [6, 6.07) is 23.1. The van der Waals surface area contributed by atoms with Crippen molar-refractivity contribution in [1.29, 1.82) is 0 Å². The van der Waals surface area contributed by atoms with Crippen molar-refractivity contribution in [2.75, 3.05) is 6.61 Å². The molecule has 1 atom stereocenters. The Bertz CT molecular complexity index is 834. The standard InChI is InChI=1S/C21H20O2/c1-2-21(15-23-21)19-8-5-9-20(13-19)22-14-16-10-11-17-6-3-4-7-18(17)12-16/h3-13H,2,14-15H2,1H3. The van der Waals surface area contributed by atoms with Crippen LogP contribution in [0.15, 0.2) is 66.7 Å². The molecule has 23 heavy (non-hydrogen) atoms. The smallest absolute Gasteiger partial charge is 0.120 e. The molecule has 1 aliphatic rings. The van der Waals surface area contributed by atoms with Crippen LogP contribution in [-0.2, 0) is 16.9 Å². The van der Waals surface area contributed by atoms with E-state index in [1.165, 1.54) is 21.9 Å². The summed E-state index contributed by atoms with van der Waals surface area (Å²) in [4.78, 5) is 0. The number of benzene rings is 3. The highest BCUT2D eigenvalue weighted by molar-refractivity contribution is 5.82. The third-order valence-electron chi connectivity index (χ3n) is 4.64. The average Bonchev–Trinajstić information content (AvgIpc) is 3.41. The highest BCUT2D eigenvalue weighted by atomic mass is 16.6. The molecule has 1 aliphatic heterocycles. The SMILES string of the molecule is CCC1(c2cccc(OCc3ccc4ccccc4c3)c2)CO1. The van der Waals surface area contributed by atoms with Gasteiger partial charge >= 0.3 is 0 Å². The van der Waals surface area contributed by atoms with Crippen molar-refractivity contribution in [3.8, 4) is 5.75 Å². The fourth-order valence-corrected chi connectivity index (χ4v) is 3.03. The normalized spacial score (nSPS) is 19.7. The Morgan fingerprint density at radius 3 is 2.57 bits per heavy atom. The first kappa shape index (κ1) is 14.3. The van der Waals surface area contributed by atoms with E-state index in [-0.39, 0.29) is 5.60 Å². The summed E-state index contributed by atoms with van der Waals surface area (Å²) in [6.07, 6.45) is 1.00. The fourth-order valence-electron chi connectivity index (χ4n) is 3.03. The second-order valence-electron chi connectivity index (χ2n) is 6.13. The average molecular weight is 304 g/mol. The zero-order valence-electron chi connectivity index (χ0n) is 13.3. The minimum atomic E-state index is -0.0671. The summed E-state index contributed by atoms with van der Waals surface area (Å²) in [5.41, 5.74) is 2.33. The maximum Gasteiger partial charge on any atom is 0.120 e. The molecule has 1 fully saturated rings. The topological polar surface area (TPSA) is 21.8 Å². The Kier molecular flexibility index (Phi) is 3.55. The van der Waals surface area contributed by atoms with E-state index in [0.717, 1.165) is 18.8 Å². The maximum absolute atomic E-state index is 5.99. The van der Waals surface area contributed by atoms with Crippen molar-refractivity contribution in [2.24, 2.45) is 0 Å². The lowest BCUT2D eigenvalue weighted by molar-refractivity contribution is 0.292. The van der Waals surface area contributed by atoms with E-state index in [0.29, 0.717) is 6.61 Å². The first-order valence-corrected chi connectivity index (χ1v) is 8.14. The minimum Gasteiger partial charge on any atom is -0.489 e. The van der Waals surface area contributed by atoms with Gasteiger partial charge in [0.1, 0.15) is 18.0 Å². The van der Waals surface area contributed by atoms with Gasteiger partial charge in [0.25, 0.3) is 0 Å². The van der Waals surface area contributed by atoms with Crippen molar-refractivity contribution in [3.63, 3.8) is 0 Å². The monoisotopic (exact) mass is 304 g/mol. The predicted octanol–water partition coefficient (Wildman–Crippen LogP) is 5.05. The molecule has 0 amide bonds. The number of fused-ring (bicyclic) bond motifs is 1. The van der Waals surface area contributed by atoms with E-state index in [1.54, 1.807) is 0 Å². The molecule has 2 heteroatoms. The zero-order valence-corrected chi connectivity index (χ0v) is 13.3. The molecule has 0 saturated carbocycles. The second kappa shape index (κ2) is 5.71. The largest absolute Gasteiger partial charge is 0.489 e. The van der Waals surface area contributed by atoms with Gasteiger partial charge < -0.3 is 9.47 Å². The number of hydrogen-bond acceptors (Lipinski definition) is 2. The molecule has 3 aromatic rings. The lowest BCUT2D eigenvalue weighted by atomic mass is 9.97. The van der Waals surface area contributed by atoms with Crippen LogP contribution in [0.3, 0.4) is 0 Å². The van der Waals surface area contributed by atoms with Crippen LogP contribution in [0.1, 0.15) is 24.5 Å². The van der Waals surface area contributed by atoms with E-state index in [2.05, 4.69) is 61.5 Å². The molecule has 1 heterocycles. The number of ether oxygens (including phenoxy) is 2. The molecular formula is C21H20O2. The Balaban J connectivity index is 1.51. The van der Waals surface area contributed by atoms with Crippen LogP contribution in [0.4, 0.5) is 0 Å². The lowest BCUT2D eigenvalue weighted by Crippen LogP contribution is -2.06. The fraction of sp³-hybridized carbons (Fsp3) is 0.238. The van der Waals surface area contributed by atoms with Crippen molar-refractivity contribution in [2.45, 2.75) is 25.6 Å². The molecule has 0 N–H and O–H groups in total. The van der Waals surface area contributed by atoms with Gasteiger partial charge in [0.2, 0.25) is 0 Å². The van der Waals surface area contributed by atoms with Gasteiger partial charge in [-0.3, -0.25) is 0 Å². The van der Waals surface area contributed by atoms with Crippen LogP contribution in [0, 0.1) is 0 Å². The third kappa shape index (κ3) is 2.82. The predicted molar refractivity (Wildman–Crippen MR) is 92.6 cm³/mol. The summed E-state index contributed by atoms with van der Waals surface area (Å²) in [5.74, 6) is 0.902. The van der Waals surface area contributed by atoms with E-state index in [1.807, 2.05) is 12.1 Å². The molecular weight excluding hydrogens is 284 g/mol. The number of hydrogen-bond donors (Lipinski definition) is 0. The van der Waals surface area contributed by atoms with Crippen LogP contribution in [0.2, 0.25) is 0 Å². The van der Waals surface area contributed by atoms with Crippen molar-refractivity contribution < 1.29 is 9.47 Å². The first-order valence-electron chi connectivity index (χ1n) is 8.14. The summed E-state index contributed by atoms with van der Waals surface area (Å²) >= 11 is 0. The molecule has 4 rings (SSSR count). The highest BCUT2D eigenvalue weighted by Gasteiger charge is 2.44. The minimum absolute atomic E-state index is 0.0671. The van der Waals surface area contributed by atoms with Crippen molar-refractivity contribution in [1.82, 2.24) is 0 Å². The Morgan fingerprint density at radius 2 is 1.78 bits per heavy atom. The summed E-state index contributed by atoms with van der Waals surface area (Å²) in [7, 11) is 0. The maximum atomic E-state index is 5.99. The highest BCUT2D eigenvalue weighted by Crippen LogP contribution is 2.42. The van der Waals surface area contributed by atoms with Gasteiger partial charge in [-0.2, -0.15) is 0 Å². The van der Waals surface area contributed by atoms with E-state index in [9.17, 15) is 0 Å². The van der Waals surface area contributed by atoms with Crippen LogP contribution >= 0.6 is 0 Å². The quantitative estimate of drug-likeness (QED) is 0.615. The van der Waals surface area contributed by atoms with Crippen LogP contribution < -0.4 is 4.74 Å². The number of epoxide rings is 1. The molecule has 1 saturated heterocycles. The van der Waals surface area contributed by atoms with Crippen LogP contribution in [0.5, 0.6) is 5.75 Å². The molecule has 0 radical (unpaired) electrons. The number of rotatable bonds is 5. The van der Waals surface area contributed by atoms with E-state index < -0.39 is 0 Å². The molecule has 1 unspecified atom stereocenters. The van der Waals surface area contributed by atoms with Crippen molar-refractivity contribution >= 4 is 10.8 Å². The van der Waals surface area contributed by atoms with Crippen LogP contribution in [-0.4, -0.2) is 6.61 Å². The van der Waals surface area contributed by atoms with Gasteiger partial charge in [0.15, 0.2) is 0 Å².